The fourth-order valence-corrected chi connectivity index (χ4v) is 4.77. The first kappa shape index (κ1) is 35.7. The van der Waals surface area contributed by atoms with Crippen LogP contribution in [0.15, 0.2) is 36.4 Å². The van der Waals surface area contributed by atoms with Crippen LogP contribution in [0.4, 0.5) is 0 Å². The molecule has 2 amide bonds. The van der Waals surface area contributed by atoms with Crippen molar-refractivity contribution in [3.05, 3.63) is 69.8 Å². The van der Waals surface area contributed by atoms with Gasteiger partial charge in [-0.15, -0.1) is 0 Å². The molecule has 0 fully saturated rings. The third-order valence-corrected chi connectivity index (χ3v) is 7.30. The smallest absolute Gasteiger partial charge is 0.244 e. The highest BCUT2D eigenvalue weighted by Gasteiger charge is 2.27. The second kappa shape index (κ2) is 13.4. The van der Waals surface area contributed by atoms with Crippen LogP contribution in [0, 0.1) is 0 Å². The summed E-state index contributed by atoms with van der Waals surface area (Å²) in [6.45, 7) is 25.5. The second-order valence-electron chi connectivity index (χ2n) is 15.5. The normalized spacial score (nSPS) is 13.1. The lowest BCUT2D eigenvalue weighted by atomic mass is 9.78. The van der Waals surface area contributed by atoms with Crippen LogP contribution >= 0.6 is 0 Å². The van der Waals surface area contributed by atoms with Crippen LogP contribution in [-0.4, -0.2) is 35.1 Å². The van der Waals surface area contributed by atoms with Gasteiger partial charge in [0.1, 0.15) is 11.5 Å². The average molecular weight is 591 g/mol. The first-order chi connectivity index (χ1) is 19.5. The molecule has 0 unspecified atom stereocenters. The maximum Gasteiger partial charge on any atom is 0.244 e. The lowest BCUT2D eigenvalue weighted by molar-refractivity contribution is -0.116. The summed E-state index contributed by atoms with van der Waals surface area (Å²) in [6, 6.07) is 7.74. The molecule has 43 heavy (non-hydrogen) atoms. The molecular formula is C37H54N2O4. The van der Waals surface area contributed by atoms with Gasteiger partial charge in [0.25, 0.3) is 0 Å². The van der Waals surface area contributed by atoms with Crippen molar-refractivity contribution in [2.75, 3.05) is 13.1 Å². The lowest BCUT2D eigenvalue weighted by Crippen LogP contribution is -2.28. The Morgan fingerprint density at radius 3 is 1.05 bits per heavy atom. The molecule has 0 aliphatic rings. The van der Waals surface area contributed by atoms with Crippen LogP contribution < -0.4 is 10.6 Å². The van der Waals surface area contributed by atoms with Crippen molar-refractivity contribution in [2.24, 2.45) is 0 Å². The minimum absolute atomic E-state index is 0.217. The molecule has 0 aliphatic carbocycles. The first-order valence-corrected chi connectivity index (χ1v) is 15.2. The summed E-state index contributed by atoms with van der Waals surface area (Å²) >= 11 is 0. The van der Waals surface area contributed by atoms with Crippen molar-refractivity contribution in [1.82, 2.24) is 10.6 Å². The molecule has 2 aromatic rings. The van der Waals surface area contributed by atoms with Crippen LogP contribution in [0.2, 0.25) is 0 Å². The quantitative estimate of drug-likeness (QED) is 0.188. The van der Waals surface area contributed by atoms with Crippen molar-refractivity contribution in [3.8, 4) is 11.5 Å². The molecular weight excluding hydrogens is 536 g/mol. The van der Waals surface area contributed by atoms with E-state index < -0.39 is 0 Å². The topological polar surface area (TPSA) is 98.7 Å². The molecule has 0 bridgehead atoms. The van der Waals surface area contributed by atoms with Crippen molar-refractivity contribution >= 4 is 24.0 Å². The zero-order chi connectivity index (χ0) is 33.0. The summed E-state index contributed by atoms with van der Waals surface area (Å²) in [5, 5.41) is 27.5. The van der Waals surface area contributed by atoms with Crippen LogP contribution in [-0.2, 0) is 31.2 Å². The van der Waals surface area contributed by atoms with E-state index in [1.54, 1.807) is 12.2 Å². The Hall–Kier alpha value is -3.54. The highest BCUT2D eigenvalue weighted by atomic mass is 16.3. The SMILES string of the molecule is CC(C)(C)c1cc(C=CC(=O)NCCCNC(=O)C=Cc2cc(C(C)(C)C)c(O)c(C(C)(C)C)c2)cc(C(C)(C)C)c1O. The lowest BCUT2D eigenvalue weighted by Gasteiger charge is -2.27. The molecule has 6 nitrogen and oxygen atoms in total. The molecule has 0 saturated heterocycles. The minimum Gasteiger partial charge on any atom is -0.507 e. The molecule has 2 rings (SSSR count). The Bertz CT molecular complexity index is 1200. The Kier molecular flexibility index (Phi) is 11.1. The van der Waals surface area contributed by atoms with Gasteiger partial charge in [-0.2, -0.15) is 0 Å². The molecule has 0 aromatic heterocycles. The van der Waals surface area contributed by atoms with Crippen molar-refractivity contribution in [3.63, 3.8) is 0 Å². The zero-order valence-electron chi connectivity index (χ0n) is 28.5. The van der Waals surface area contributed by atoms with Crippen LogP contribution in [0.1, 0.15) is 123 Å². The Morgan fingerprint density at radius 1 is 0.558 bits per heavy atom. The standard InChI is InChI=1S/C37H54N2O4/c1-34(2,3)26-20-24(21-27(32(26)42)35(4,5)6)14-16-30(40)38-18-13-19-39-31(41)17-15-25-22-28(36(7,8)9)33(43)29(23-25)37(10,11)12/h14-17,20-23,42-43H,13,18-19H2,1-12H3,(H,38,40)(H,39,41). The number of benzene rings is 2. The van der Waals surface area contributed by atoms with E-state index in [1.165, 1.54) is 12.2 Å². The number of rotatable bonds is 8. The zero-order valence-corrected chi connectivity index (χ0v) is 28.5. The summed E-state index contributed by atoms with van der Waals surface area (Å²) in [4.78, 5) is 24.9. The van der Waals surface area contributed by atoms with E-state index in [4.69, 9.17) is 0 Å². The second-order valence-corrected chi connectivity index (χ2v) is 15.5. The molecule has 4 N–H and O–H groups in total. The monoisotopic (exact) mass is 590 g/mol. The van der Waals surface area contributed by atoms with Crippen LogP contribution in [0.3, 0.4) is 0 Å². The number of nitrogens with one attached hydrogen (secondary N) is 2. The van der Waals surface area contributed by atoms with Crippen LogP contribution in [0.25, 0.3) is 12.2 Å². The number of carbonyl (C=O) groups is 2. The summed E-state index contributed by atoms with van der Waals surface area (Å²) in [5.74, 6) is 0.188. The summed E-state index contributed by atoms with van der Waals surface area (Å²) in [6.07, 6.45) is 7.13. The number of aromatic hydroxyl groups is 2. The number of phenolic OH excluding ortho intramolecular Hbond substituents is 2. The molecule has 6 heteroatoms. The van der Waals surface area contributed by atoms with Gasteiger partial charge in [0.05, 0.1) is 0 Å². The summed E-state index contributed by atoms with van der Waals surface area (Å²) in [5.41, 5.74) is 4.13. The van der Waals surface area contributed by atoms with E-state index in [1.807, 2.05) is 24.3 Å². The molecule has 0 saturated carbocycles. The maximum atomic E-state index is 12.5. The predicted molar refractivity (Wildman–Crippen MR) is 180 cm³/mol. The number of hydrogen-bond acceptors (Lipinski definition) is 4. The molecule has 0 radical (unpaired) electrons. The van der Waals surface area contributed by atoms with Gasteiger partial charge in [-0.05, 0) is 75.6 Å². The average Bonchev–Trinajstić information content (AvgIpc) is 2.84. The van der Waals surface area contributed by atoms with Crippen molar-refractivity contribution in [1.29, 1.82) is 0 Å². The maximum absolute atomic E-state index is 12.5. The van der Waals surface area contributed by atoms with E-state index in [2.05, 4.69) is 93.7 Å². The fraction of sp³-hybridized carbons (Fsp3) is 0.514. The summed E-state index contributed by atoms with van der Waals surface area (Å²) < 4.78 is 0. The number of carbonyl (C=O) groups excluding carboxylic acids is 2. The Balaban J connectivity index is 1.96. The van der Waals surface area contributed by atoms with E-state index in [9.17, 15) is 19.8 Å². The molecule has 0 heterocycles. The summed E-state index contributed by atoms with van der Waals surface area (Å²) in [7, 11) is 0. The van der Waals surface area contributed by atoms with Crippen molar-refractivity contribution in [2.45, 2.75) is 111 Å². The molecule has 0 atom stereocenters. The fourth-order valence-electron chi connectivity index (χ4n) is 4.77. The van der Waals surface area contributed by atoms with Gasteiger partial charge < -0.3 is 20.8 Å². The van der Waals surface area contributed by atoms with E-state index >= 15 is 0 Å². The Morgan fingerprint density at radius 2 is 0.814 bits per heavy atom. The largest absolute Gasteiger partial charge is 0.507 e. The molecule has 0 spiro atoms. The van der Waals surface area contributed by atoms with Crippen molar-refractivity contribution < 1.29 is 19.8 Å². The van der Waals surface area contributed by atoms with Gasteiger partial charge in [-0.3, -0.25) is 9.59 Å². The van der Waals surface area contributed by atoms with E-state index in [0.717, 1.165) is 33.4 Å². The van der Waals surface area contributed by atoms with Gasteiger partial charge in [-0.25, -0.2) is 0 Å². The minimum atomic E-state index is -0.245. The molecule has 0 aliphatic heterocycles. The predicted octanol–water partition coefficient (Wildman–Crippen LogP) is 7.64. The molecule has 2 aromatic carbocycles. The highest BCUT2D eigenvalue weighted by Crippen LogP contribution is 2.41. The van der Waals surface area contributed by atoms with Gasteiger partial charge in [0.15, 0.2) is 0 Å². The Labute approximate surface area is 259 Å². The van der Waals surface area contributed by atoms with Gasteiger partial charge in [0.2, 0.25) is 11.8 Å². The van der Waals surface area contributed by atoms with E-state index in [-0.39, 0.29) is 33.5 Å². The van der Waals surface area contributed by atoms with Gasteiger partial charge in [0, 0.05) is 47.5 Å². The van der Waals surface area contributed by atoms with Gasteiger partial charge in [-0.1, -0.05) is 83.1 Å². The third-order valence-electron chi connectivity index (χ3n) is 7.30. The highest BCUT2D eigenvalue weighted by molar-refractivity contribution is 5.92. The van der Waals surface area contributed by atoms with Gasteiger partial charge >= 0.3 is 0 Å². The van der Waals surface area contributed by atoms with E-state index in [0.29, 0.717) is 31.0 Å². The third kappa shape index (κ3) is 10.3. The number of amides is 2. The molecule has 236 valence electrons. The number of hydrogen-bond donors (Lipinski definition) is 4. The van der Waals surface area contributed by atoms with Crippen LogP contribution in [0.5, 0.6) is 11.5 Å². The first-order valence-electron chi connectivity index (χ1n) is 15.2. The number of phenols is 2.